The Labute approximate surface area is 161 Å². The van der Waals surface area contributed by atoms with E-state index in [0.29, 0.717) is 34.9 Å². The van der Waals surface area contributed by atoms with Gasteiger partial charge in [0, 0.05) is 12.6 Å². The quantitative estimate of drug-likeness (QED) is 0.549. The Kier molecular flexibility index (Phi) is 6.33. The number of hydrogen-bond acceptors (Lipinski definition) is 7. The number of carbonyl (C=O) groups is 1. The van der Waals surface area contributed by atoms with Crippen molar-refractivity contribution in [3.63, 3.8) is 0 Å². The summed E-state index contributed by atoms with van der Waals surface area (Å²) in [5, 5.41) is 15.6. The van der Waals surface area contributed by atoms with E-state index in [1.807, 2.05) is 23.6 Å². The first-order valence-electron chi connectivity index (χ1n) is 9.00. The average molecular weight is 389 g/mol. The zero-order valence-electron chi connectivity index (χ0n) is 15.6. The minimum Gasteiger partial charge on any atom is -0.461 e. The molecule has 8 nitrogen and oxygen atoms in total. The van der Waals surface area contributed by atoms with Gasteiger partial charge in [-0.1, -0.05) is 36.7 Å². The van der Waals surface area contributed by atoms with Crippen LogP contribution in [0.1, 0.15) is 38.9 Å². The summed E-state index contributed by atoms with van der Waals surface area (Å²) in [6, 6.07) is 5.36. The van der Waals surface area contributed by atoms with Gasteiger partial charge in [-0.15, -0.1) is 10.2 Å². The molecule has 9 heteroatoms. The number of hydrogen-bond donors (Lipinski definition) is 1. The van der Waals surface area contributed by atoms with Gasteiger partial charge in [0.25, 0.3) is 0 Å². The summed E-state index contributed by atoms with van der Waals surface area (Å²) < 4.78 is 12.4. The maximum Gasteiger partial charge on any atom is 0.239 e. The van der Waals surface area contributed by atoms with E-state index < -0.39 is 0 Å². The van der Waals surface area contributed by atoms with Gasteiger partial charge in [-0.2, -0.15) is 0 Å². The fourth-order valence-electron chi connectivity index (χ4n) is 2.64. The van der Waals surface area contributed by atoms with Crippen LogP contribution in [0.25, 0.3) is 11.6 Å². The van der Waals surface area contributed by atoms with Crippen molar-refractivity contribution in [1.82, 2.24) is 19.9 Å². The summed E-state index contributed by atoms with van der Waals surface area (Å²) in [4.78, 5) is 12.8. The first-order chi connectivity index (χ1) is 13.1. The van der Waals surface area contributed by atoms with Crippen LogP contribution in [-0.4, -0.2) is 31.1 Å². The number of amides is 1. The highest BCUT2D eigenvalue weighted by Gasteiger charge is 2.25. The summed E-state index contributed by atoms with van der Waals surface area (Å²) >= 11 is 1.41. The van der Waals surface area contributed by atoms with Gasteiger partial charge in [-0.05, 0) is 32.4 Å². The van der Waals surface area contributed by atoms with Crippen molar-refractivity contribution in [3.05, 3.63) is 30.2 Å². The van der Waals surface area contributed by atoms with Gasteiger partial charge in [0.2, 0.25) is 5.91 Å². The molecule has 0 aromatic carbocycles. The lowest BCUT2D eigenvalue weighted by atomic mass is 10.2. The van der Waals surface area contributed by atoms with Gasteiger partial charge in [0.05, 0.1) is 11.5 Å². The van der Waals surface area contributed by atoms with E-state index in [4.69, 9.17) is 8.94 Å². The van der Waals surface area contributed by atoms with Crippen molar-refractivity contribution in [3.8, 4) is 11.6 Å². The molecule has 0 unspecified atom stereocenters. The maximum absolute atomic E-state index is 12.8. The minimum absolute atomic E-state index is 0.119. The monoisotopic (exact) mass is 389 g/mol. The Bertz CT molecular complexity index is 872. The van der Waals surface area contributed by atoms with E-state index >= 15 is 0 Å². The van der Waals surface area contributed by atoms with Crippen molar-refractivity contribution in [2.75, 3.05) is 5.32 Å². The number of aryl methyl sites for hydroxylation is 1. The molecule has 0 aliphatic rings. The van der Waals surface area contributed by atoms with Gasteiger partial charge in [0.15, 0.2) is 22.6 Å². The topological polar surface area (TPSA) is 99.0 Å². The van der Waals surface area contributed by atoms with E-state index in [1.165, 1.54) is 11.8 Å². The molecule has 0 saturated heterocycles. The summed E-state index contributed by atoms with van der Waals surface area (Å²) in [5.41, 5.74) is 0. The second kappa shape index (κ2) is 8.90. The Morgan fingerprint density at radius 2 is 2.22 bits per heavy atom. The van der Waals surface area contributed by atoms with Gasteiger partial charge < -0.3 is 14.3 Å². The zero-order chi connectivity index (χ0) is 19.2. The highest BCUT2D eigenvalue weighted by atomic mass is 32.2. The largest absolute Gasteiger partial charge is 0.461 e. The molecule has 1 N–H and O–H groups in total. The summed E-state index contributed by atoms with van der Waals surface area (Å²) in [6.45, 7) is 6.57. The van der Waals surface area contributed by atoms with Crippen molar-refractivity contribution < 1.29 is 13.7 Å². The van der Waals surface area contributed by atoms with Crippen molar-refractivity contribution in [2.45, 2.75) is 57.0 Å². The Balaban J connectivity index is 1.78. The number of rotatable bonds is 9. The number of aromatic nitrogens is 4. The zero-order valence-corrected chi connectivity index (χ0v) is 16.5. The first-order valence-corrected chi connectivity index (χ1v) is 9.88. The number of nitrogens with zero attached hydrogens (tertiary/aromatic N) is 4. The molecule has 0 fully saturated rings. The Morgan fingerprint density at radius 1 is 1.37 bits per heavy atom. The second-order valence-electron chi connectivity index (χ2n) is 6.09. The van der Waals surface area contributed by atoms with Crippen LogP contribution in [0.15, 0.2) is 38.6 Å². The summed E-state index contributed by atoms with van der Waals surface area (Å²) in [6.07, 6.45) is 4.28. The van der Waals surface area contributed by atoms with E-state index in [-0.39, 0.29) is 11.2 Å². The number of unbranched alkanes of at least 4 members (excludes halogenated alkanes) is 1. The van der Waals surface area contributed by atoms with Crippen molar-refractivity contribution >= 4 is 23.5 Å². The van der Waals surface area contributed by atoms with E-state index in [2.05, 4.69) is 27.6 Å². The van der Waals surface area contributed by atoms with Crippen LogP contribution in [-0.2, 0) is 11.3 Å². The van der Waals surface area contributed by atoms with Gasteiger partial charge >= 0.3 is 0 Å². The molecular weight excluding hydrogens is 366 g/mol. The SMILES string of the molecule is CCCC[C@@H](Sc1nnc(-c2ccco2)n1CC)C(=O)Nc1cc(C)on1. The lowest BCUT2D eigenvalue weighted by Gasteiger charge is -2.15. The molecule has 3 aromatic heterocycles. The van der Waals surface area contributed by atoms with Crippen molar-refractivity contribution in [1.29, 1.82) is 0 Å². The van der Waals surface area contributed by atoms with Crippen LogP contribution >= 0.6 is 11.8 Å². The van der Waals surface area contributed by atoms with Crippen molar-refractivity contribution in [2.24, 2.45) is 0 Å². The third-order valence-corrected chi connectivity index (χ3v) is 5.26. The van der Waals surface area contributed by atoms with Crippen LogP contribution in [0.4, 0.5) is 5.82 Å². The lowest BCUT2D eigenvalue weighted by Crippen LogP contribution is -2.26. The highest BCUT2D eigenvalue weighted by molar-refractivity contribution is 8.00. The summed E-state index contributed by atoms with van der Waals surface area (Å²) in [5.74, 6) is 2.27. The van der Waals surface area contributed by atoms with Gasteiger partial charge in [-0.3, -0.25) is 9.36 Å². The Hall–Kier alpha value is -2.55. The molecule has 3 aromatic rings. The maximum atomic E-state index is 12.8. The highest BCUT2D eigenvalue weighted by Crippen LogP contribution is 2.30. The normalized spacial score (nSPS) is 12.3. The number of anilines is 1. The van der Waals surface area contributed by atoms with E-state index in [9.17, 15) is 4.79 Å². The number of thioether (sulfide) groups is 1. The molecule has 0 aliphatic carbocycles. The number of carbonyl (C=O) groups excluding carboxylic acids is 1. The molecule has 0 radical (unpaired) electrons. The fraction of sp³-hybridized carbons (Fsp3) is 0.444. The second-order valence-corrected chi connectivity index (χ2v) is 7.26. The van der Waals surface area contributed by atoms with E-state index in [1.54, 1.807) is 19.3 Å². The van der Waals surface area contributed by atoms with E-state index in [0.717, 1.165) is 19.3 Å². The van der Waals surface area contributed by atoms with Crippen LogP contribution in [0.5, 0.6) is 0 Å². The van der Waals surface area contributed by atoms with Crippen LogP contribution in [0.3, 0.4) is 0 Å². The fourth-order valence-corrected chi connectivity index (χ4v) is 3.78. The van der Waals surface area contributed by atoms with Gasteiger partial charge in [-0.25, -0.2) is 0 Å². The molecule has 3 heterocycles. The predicted molar refractivity (Wildman–Crippen MR) is 102 cm³/mol. The molecule has 0 saturated carbocycles. The van der Waals surface area contributed by atoms with Crippen LogP contribution in [0, 0.1) is 6.92 Å². The lowest BCUT2D eigenvalue weighted by molar-refractivity contribution is -0.115. The smallest absolute Gasteiger partial charge is 0.239 e. The molecule has 1 atom stereocenters. The molecule has 0 bridgehead atoms. The molecular formula is C18H23N5O3S. The molecule has 0 aliphatic heterocycles. The molecule has 27 heavy (non-hydrogen) atoms. The Morgan fingerprint density at radius 3 is 2.85 bits per heavy atom. The predicted octanol–water partition coefficient (Wildman–Crippen LogP) is 4.14. The molecule has 1 amide bonds. The third kappa shape index (κ3) is 4.60. The molecule has 3 rings (SSSR count). The van der Waals surface area contributed by atoms with Gasteiger partial charge in [0.1, 0.15) is 5.76 Å². The summed E-state index contributed by atoms with van der Waals surface area (Å²) in [7, 11) is 0. The minimum atomic E-state index is -0.305. The van der Waals surface area contributed by atoms with Crippen LogP contribution < -0.4 is 5.32 Å². The third-order valence-electron chi connectivity index (χ3n) is 4.01. The number of furan rings is 1. The molecule has 144 valence electrons. The first kappa shape index (κ1) is 19.2. The van der Waals surface area contributed by atoms with Crippen LogP contribution in [0.2, 0.25) is 0 Å². The standard InChI is InChI=1S/C18H23N5O3S/c1-4-6-9-14(17(24)19-15-11-12(3)26-22-15)27-18-21-20-16(23(18)5-2)13-8-7-10-25-13/h7-8,10-11,14H,4-6,9H2,1-3H3,(H,19,22,24)/t14-/m1/s1. The molecule has 0 spiro atoms. The average Bonchev–Trinajstić information content (AvgIpc) is 3.39. The number of nitrogens with one attached hydrogen (secondary N) is 1.